The summed E-state index contributed by atoms with van der Waals surface area (Å²) in [6.07, 6.45) is 0. The Morgan fingerprint density at radius 1 is 1.00 bits per heavy atom. The molecule has 8 nitrogen and oxygen atoms in total. The van der Waals surface area contributed by atoms with Gasteiger partial charge in [-0.25, -0.2) is 9.59 Å². The van der Waals surface area contributed by atoms with Gasteiger partial charge in [-0.2, -0.15) is 0 Å². The molecule has 0 saturated carbocycles. The molecule has 0 aliphatic rings. The van der Waals surface area contributed by atoms with Crippen LogP contribution in [-0.2, 0) is 4.74 Å². The fraction of sp³-hybridized carbons (Fsp3) is 0.391. The number of hydrogen-bond acceptors (Lipinski definition) is 5. The van der Waals surface area contributed by atoms with E-state index in [1.54, 1.807) is 20.8 Å². The first kappa shape index (κ1) is 23.9. The number of H-pyrrole nitrogens is 1. The number of carboxylic acid groups (broad SMARTS) is 1. The summed E-state index contributed by atoms with van der Waals surface area (Å²) < 4.78 is 5.47. The average molecular weight is 428 g/mol. The van der Waals surface area contributed by atoms with Crippen LogP contribution < -0.4 is 10.9 Å². The van der Waals surface area contributed by atoms with Gasteiger partial charge in [0.05, 0.1) is 5.56 Å². The van der Waals surface area contributed by atoms with Gasteiger partial charge in [0.1, 0.15) is 11.3 Å². The minimum Gasteiger partial charge on any atom is -0.477 e. The van der Waals surface area contributed by atoms with Crippen LogP contribution in [0.15, 0.2) is 35.1 Å². The second kappa shape index (κ2) is 8.75. The Hall–Kier alpha value is -3.42. The predicted octanol–water partition coefficient (Wildman–Crippen LogP) is 3.47. The third kappa shape index (κ3) is 6.53. The number of carboxylic acids is 1. The number of hydrogen-bond donors (Lipinski definition) is 3. The van der Waals surface area contributed by atoms with Gasteiger partial charge in [0.2, 0.25) is 5.56 Å². The predicted molar refractivity (Wildman–Crippen MR) is 116 cm³/mol. The van der Waals surface area contributed by atoms with Crippen molar-refractivity contribution in [1.29, 1.82) is 0 Å². The minimum atomic E-state index is -1.35. The lowest BCUT2D eigenvalue weighted by Crippen LogP contribution is -2.32. The number of pyridine rings is 1. The summed E-state index contributed by atoms with van der Waals surface area (Å²) in [4.78, 5) is 51.1. The zero-order valence-electron chi connectivity index (χ0n) is 18.6. The highest BCUT2D eigenvalue weighted by Crippen LogP contribution is 2.28. The topological polar surface area (TPSA) is 126 Å². The van der Waals surface area contributed by atoms with Gasteiger partial charge in [-0.3, -0.25) is 9.59 Å². The van der Waals surface area contributed by atoms with E-state index in [4.69, 9.17) is 4.74 Å². The van der Waals surface area contributed by atoms with Crippen molar-refractivity contribution < 1.29 is 24.2 Å². The van der Waals surface area contributed by atoms with Gasteiger partial charge in [-0.15, -0.1) is 0 Å². The number of ether oxygens (including phenoxy) is 1. The van der Waals surface area contributed by atoms with E-state index >= 15 is 0 Å². The van der Waals surface area contributed by atoms with Crippen LogP contribution in [0.3, 0.4) is 0 Å². The van der Waals surface area contributed by atoms with E-state index in [0.29, 0.717) is 6.54 Å². The molecule has 166 valence electrons. The molecule has 0 bridgehead atoms. The summed E-state index contributed by atoms with van der Waals surface area (Å²) in [6.45, 7) is 11.5. The van der Waals surface area contributed by atoms with Crippen LogP contribution in [0.25, 0.3) is 11.1 Å². The molecular formula is C23H28N2O6. The maximum absolute atomic E-state index is 12.9. The summed E-state index contributed by atoms with van der Waals surface area (Å²) in [7, 11) is 0. The van der Waals surface area contributed by atoms with Crippen LogP contribution in [0.4, 0.5) is 0 Å². The lowest BCUT2D eigenvalue weighted by atomic mass is 9.95. The molecule has 0 saturated heterocycles. The molecular weight excluding hydrogens is 400 g/mol. The van der Waals surface area contributed by atoms with Gasteiger partial charge >= 0.3 is 11.9 Å². The second-order valence-electron chi connectivity index (χ2n) is 9.42. The van der Waals surface area contributed by atoms with Gasteiger partial charge in [-0.05, 0) is 49.9 Å². The van der Waals surface area contributed by atoms with Crippen LogP contribution in [0.1, 0.15) is 72.7 Å². The van der Waals surface area contributed by atoms with E-state index in [1.807, 2.05) is 20.8 Å². The maximum atomic E-state index is 12.9. The lowest BCUT2D eigenvalue weighted by Gasteiger charge is -2.22. The largest absolute Gasteiger partial charge is 0.477 e. The highest BCUT2D eigenvalue weighted by Gasteiger charge is 2.25. The van der Waals surface area contributed by atoms with E-state index in [-0.39, 0.29) is 39.3 Å². The van der Waals surface area contributed by atoms with E-state index in [9.17, 15) is 24.3 Å². The Bertz CT molecular complexity index is 1070. The SMILES string of the molecule is CC(C)(C)CNC(=O)c1ccc(-c2ccc(=O)[nH]c2C(=O)O)c(C(=O)OC(C)(C)C)c1. The normalized spacial score (nSPS) is 11.7. The zero-order valence-corrected chi connectivity index (χ0v) is 18.6. The van der Waals surface area contributed by atoms with Crippen molar-refractivity contribution in [2.45, 2.75) is 47.1 Å². The van der Waals surface area contributed by atoms with Crippen LogP contribution in [-0.4, -0.2) is 40.1 Å². The average Bonchev–Trinajstić information content (AvgIpc) is 2.63. The van der Waals surface area contributed by atoms with Crippen molar-refractivity contribution in [3.05, 3.63) is 57.5 Å². The Kier molecular flexibility index (Phi) is 6.73. The molecule has 0 spiro atoms. The fourth-order valence-corrected chi connectivity index (χ4v) is 2.74. The molecule has 1 heterocycles. The van der Waals surface area contributed by atoms with Gasteiger partial charge in [0.25, 0.3) is 5.91 Å². The number of aromatic amines is 1. The molecule has 31 heavy (non-hydrogen) atoms. The van der Waals surface area contributed by atoms with Crippen molar-refractivity contribution in [2.24, 2.45) is 5.41 Å². The van der Waals surface area contributed by atoms with Crippen LogP contribution >= 0.6 is 0 Å². The number of aromatic nitrogens is 1. The third-order valence-electron chi connectivity index (χ3n) is 4.10. The Labute approximate surface area is 180 Å². The number of aromatic carboxylic acids is 1. The maximum Gasteiger partial charge on any atom is 0.353 e. The number of nitrogens with one attached hydrogen (secondary N) is 2. The molecule has 1 amide bonds. The molecule has 1 aromatic carbocycles. The lowest BCUT2D eigenvalue weighted by molar-refractivity contribution is 0.00701. The van der Waals surface area contributed by atoms with Crippen LogP contribution in [0.5, 0.6) is 0 Å². The monoisotopic (exact) mass is 428 g/mol. The molecule has 0 atom stereocenters. The van der Waals surface area contributed by atoms with Gasteiger partial charge in [0.15, 0.2) is 0 Å². The Morgan fingerprint density at radius 2 is 1.61 bits per heavy atom. The molecule has 0 aliphatic heterocycles. The first-order valence-corrected chi connectivity index (χ1v) is 9.80. The third-order valence-corrected chi connectivity index (χ3v) is 4.10. The summed E-state index contributed by atoms with van der Waals surface area (Å²) in [5, 5.41) is 12.3. The quantitative estimate of drug-likeness (QED) is 0.626. The number of amides is 1. The van der Waals surface area contributed by atoms with Crippen molar-refractivity contribution in [1.82, 2.24) is 10.3 Å². The standard InChI is InChI=1S/C23H28N2O6/c1-22(2,3)12-24-19(27)13-7-8-14(16(11-13)21(30)31-23(4,5)6)15-9-10-17(26)25-18(15)20(28)29/h7-11H,12H2,1-6H3,(H,24,27)(H,25,26)(H,28,29). The van der Waals surface area contributed by atoms with Gasteiger partial charge in [-0.1, -0.05) is 26.8 Å². The molecule has 8 heteroatoms. The summed E-state index contributed by atoms with van der Waals surface area (Å²) in [5.74, 6) is -2.43. The highest BCUT2D eigenvalue weighted by molar-refractivity contribution is 6.04. The number of rotatable bonds is 5. The second-order valence-corrected chi connectivity index (χ2v) is 9.42. The molecule has 1 aromatic heterocycles. The number of benzene rings is 1. The molecule has 2 aromatic rings. The Balaban J connectivity index is 2.62. The molecule has 3 N–H and O–H groups in total. The first-order valence-electron chi connectivity index (χ1n) is 9.80. The van der Waals surface area contributed by atoms with E-state index in [1.165, 1.54) is 30.3 Å². The summed E-state index contributed by atoms with van der Waals surface area (Å²) in [6, 6.07) is 6.84. The van der Waals surface area contributed by atoms with Gasteiger partial charge in [0, 0.05) is 23.7 Å². The van der Waals surface area contributed by atoms with Crippen molar-refractivity contribution in [2.75, 3.05) is 6.54 Å². The number of esters is 1. The fourth-order valence-electron chi connectivity index (χ4n) is 2.74. The van der Waals surface area contributed by atoms with Crippen molar-refractivity contribution >= 4 is 17.8 Å². The first-order chi connectivity index (χ1) is 14.2. The molecule has 2 rings (SSSR count). The summed E-state index contributed by atoms with van der Waals surface area (Å²) >= 11 is 0. The smallest absolute Gasteiger partial charge is 0.353 e. The van der Waals surface area contributed by atoms with Crippen molar-refractivity contribution in [3.8, 4) is 11.1 Å². The van der Waals surface area contributed by atoms with Gasteiger partial charge < -0.3 is 20.1 Å². The Morgan fingerprint density at radius 3 is 2.16 bits per heavy atom. The molecule has 0 radical (unpaired) electrons. The van der Waals surface area contributed by atoms with E-state index in [2.05, 4.69) is 10.3 Å². The molecule has 0 aliphatic carbocycles. The molecule has 0 fully saturated rings. The molecule has 0 unspecified atom stereocenters. The van der Waals surface area contributed by atoms with Crippen LogP contribution in [0, 0.1) is 5.41 Å². The van der Waals surface area contributed by atoms with Crippen molar-refractivity contribution in [3.63, 3.8) is 0 Å². The van der Waals surface area contributed by atoms with E-state index in [0.717, 1.165) is 0 Å². The number of carbonyl (C=O) groups is 3. The van der Waals surface area contributed by atoms with E-state index < -0.39 is 23.1 Å². The summed E-state index contributed by atoms with van der Waals surface area (Å²) in [5.41, 5.74) is -1.26. The minimum absolute atomic E-state index is 0.0212. The zero-order chi connectivity index (χ0) is 23.6. The highest BCUT2D eigenvalue weighted by atomic mass is 16.6. The van der Waals surface area contributed by atoms with Crippen LogP contribution in [0.2, 0.25) is 0 Å². The number of carbonyl (C=O) groups excluding carboxylic acids is 2.